The Labute approximate surface area is 130 Å². The zero-order valence-electron chi connectivity index (χ0n) is 13.1. The molecule has 0 radical (unpaired) electrons. The summed E-state index contributed by atoms with van der Waals surface area (Å²) in [5, 5.41) is 2.71. The Morgan fingerprint density at radius 1 is 1.14 bits per heavy atom. The first kappa shape index (κ1) is 15.9. The highest BCUT2D eigenvalue weighted by Crippen LogP contribution is 2.25. The highest BCUT2D eigenvalue weighted by atomic mass is 16.1. The number of aromatic nitrogens is 1. The van der Waals surface area contributed by atoms with Crippen LogP contribution < -0.4 is 5.32 Å². The second-order valence-corrected chi connectivity index (χ2v) is 5.13. The Hall–Kier alpha value is -2.49. The molecule has 4 heteroatoms. The number of carbonyl (C=O) groups excluding carboxylic acids is 2. The normalized spacial score (nSPS) is 10.3. The fourth-order valence-corrected chi connectivity index (χ4v) is 2.27. The van der Waals surface area contributed by atoms with Gasteiger partial charge < -0.3 is 5.32 Å². The first-order chi connectivity index (χ1) is 10.5. The molecular weight excluding hydrogens is 276 g/mol. The van der Waals surface area contributed by atoms with Gasteiger partial charge in [0.2, 0.25) is 5.91 Å². The maximum Gasteiger partial charge on any atom is 0.221 e. The van der Waals surface area contributed by atoms with E-state index in [1.54, 1.807) is 13.1 Å². The largest absolute Gasteiger partial charge is 0.324 e. The third kappa shape index (κ3) is 3.58. The van der Waals surface area contributed by atoms with Crippen LogP contribution in [0.25, 0.3) is 11.1 Å². The van der Waals surface area contributed by atoms with Gasteiger partial charge in [0.15, 0.2) is 5.78 Å². The van der Waals surface area contributed by atoms with Crippen LogP contribution in [-0.2, 0) is 11.2 Å². The monoisotopic (exact) mass is 296 g/mol. The van der Waals surface area contributed by atoms with Crippen LogP contribution in [-0.4, -0.2) is 16.7 Å². The Bertz CT molecular complexity index is 708. The number of Topliss-reactive ketones (excluding diaryl/α,β-unsaturated/α-hetero) is 1. The summed E-state index contributed by atoms with van der Waals surface area (Å²) in [7, 11) is 0. The quantitative estimate of drug-likeness (QED) is 0.852. The maximum absolute atomic E-state index is 12.0. The topological polar surface area (TPSA) is 59.1 Å². The molecule has 0 spiro atoms. The van der Waals surface area contributed by atoms with Crippen molar-refractivity contribution in [2.24, 2.45) is 0 Å². The van der Waals surface area contributed by atoms with Gasteiger partial charge in [0, 0.05) is 25.1 Å². The van der Waals surface area contributed by atoms with Crippen molar-refractivity contribution in [2.45, 2.75) is 33.6 Å². The van der Waals surface area contributed by atoms with E-state index in [9.17, 15) is 9.59 Å². The number of benzene rings is 1. The number of hydrogen-bond donors (Lipinski definition) is 1. The average Bonchev–Trinajstić information content (AvgIpc) is 2.53. The van der Waals surface area contributed by atoms with Crippen LogP contribution in [0.1, 0.15) is 43.2 Å². The van der Waals surface area contributed by atoms with Crippen LogP contribution in [0, 0.1) is 0 Å². The van der Waals surface area contributed by atoms with Crippen LogP contribution in [0.3, 0.4) is 0 Å². The highest BCUT2D eigenvalue weighted by molar-refractivity contribution is 6.03. The molecule has 1 amide bonds. The van der Waals surface area contributed by atoms with E-state index in [0.29, 0.717) is 17.8 Å². The van der Waals surface area contributed by atoms with Crippen molar-refractivity contribution in [2.75, 3.05) is 5.32 Å². The second kappa shape index (κ2) is 6.98. The zero-order valence-corrected chi connectivity index (χ0v) is 13.1. The molecule has 1 aromatic heterocycles. The van der Waals surface area contributed by atoms with Crippen molar-refractivity contribution in [1.82, 2.24) is 4.98 Å². The van der Waals surface area contributed by atoms with Crippen molar-refractivity contribution < 1.29 is 9.59 Å². The summed E-state index contributed by atoms with van der Waals surface area (Å²) in [6, 6.07) is 9.97. The number of pyridine rings is 1. The molecule has 0 unspecified atom stereocenters. The minimum atomic E-state index is -0.216. The van der Waals surface area contributed by atoms with Gasteiger partial charge in [-0.3, -0.25) is 14.6 Å². The van der Waals surface area contributed by atoms with Crippen LogP contribution >= 0.6 is 0 Å². The molecule has 0 aliphatic carbocycles. The van der Waals surface area contributed by atoms with Crippen molar-refractivity contribution in [3.05, 3.63) is 47.8 Å². The molecule has 0 aliphatic heterocycles. The number of aryl methyl sites for hydroxylation is 1. The molecule has 1 heterocycles. The number of nitrogens with zero attached hydrogens (tertiary/aromatic N) is 1. The molecule has 2 aromatic rings. The molecule has 0 bridgehead atoms. The van der Waals surface area contributed by atoms with E-state index >= 15 is 0 Å². The van der Waals surface area contributed by atoms with E-state index in [0.717, 1.165) is 17.5 Å². The Kier molecular flexibility index (Phi) is 5.04. The standard InChI is InChI=1S/C18H20N2O2/c1-4-13-7-6-8-14(9-13)15-10-16(20-12(3)21)18(19-11-15)17(22)5-2/h6-11H,4-5H2,1-3H3,(H,20,21). The van der Waals surface area contributed by atoms with E-state index in [1.165, 1.54) is 12.5 Å². The van der Waals surface area contributed by atoms with Crippen molar-refractivity contribution in [3.8, 4) is 11.1 Å². The lowest BCUT2D eigenvalue weighted by molar-refractivity contribution is -0.114. The Morgan fingerprint density at radius 3 is 2.55 bits per heavy atom. The minimum absolute atomic E-state index is 0.0855. The molecular formula is C18H20N2O2. The number of amides is 1. The first-order valence-electron chi connectivity index (χ1n) is 7.45. The predicted molar refractivity (Wildman–Crippen MR) is 88.0 cm³/mol. The maximum atomic E-state index is 12.0. The summed E-state index contributed by atoms with van der Waals surface area (Å²) >= 11 is 0. The summed E-state index contributed by atoms with van der Waals surface area (Å²) in [6.07, 6.45) is 2.99. The number of rotatable bonds is 5. The number of anilines is 1. The summed E-state index contributed by atoms with van der Waals surface area (Å²) in [5.74, 6) is -0.302. The first-order valence-corrected chi connectivity index (χ1v) is 7.45. The van der Waals surface area contributed by atoms with Gasteiger partial charge in [-0.05, 0) is 23.6 Å². The number of ketones is 1. The third-order valence-electron chi connectivity index (χ3n) is 3.45. The summed E-state index contributed by atoms with van der Waals surface area (Å²) < 4.78 is 0. The van der Waals surface area contributed by atoms with Crippen LogP contribution in [0.15, 0.2) is 36.5 Å². The summed E-state index contributed by atoms with van der Waals surface area (Å²) in [4.78, 5) is 27.6. The molecule has 0 aliphatic rings. The highest BCUT2D eigenvalue weighted by Gasteiger charge is 2.14. The van der Waals surface area contributed by atoms with E-state index < -0.39 is 0 Å². The lowest BCUT2D eigenvalue weighted by Gasteiger charge is -2.11. The SMILES string of the molecule is CCC(=O)c1ncc(-c2cccc(CC)c2)cc1NC(C)=O. The number of carbonyl (C=O) groups is 2. The van der Waals surface area contributed by atoms with Gasteiger partial charge in [-0.15, -0.1) is 0 Å². The lowest BCUT2D eigenvalue weighted by Crippen LogP contribution is -2.12. The fourth-order valence-electron chi connectivity index (χ4n) is 2.27. The van der Waals surface area contributed by atoms with Crippen molar-refractivity contribution in [3.63, 3.8) is 0 Å². The minimum Gasteiger partial charge on any atom is -0.324 e. The van der Waals surface area contributed by atoms with Crippen LogP contribution in [0.2, 0.25) is 0 Å². The fraction of sp³-hybridized carbons (Fsp3) is 0.278. The lowest BCUT2D eigenvalue weighted by atomic mass is 10.0. The van der Waals surface area contributed by atoms with Gasteiger partial charge in [0.25, 0.3) is 0 Å². The van der Waals surface area contributed by atoms with E-state index in [1.807, 2.05) is 18.2 Å². The average molecular weight is 296 g/mol. The van der Waals surface area contributed by atoms with Gasteiger partial charge >= 0.3 is 0 Å². The second-order valence-electron chi connectivity index (χ2n) is 5.13. The molecule has 114 valence electrons. The molecule has 22 heavy (non-hydrogen) atoms. The van der Waals surface area contributed by atoms with Crippen molar-refractivity contribution in [1.29, 1.82) is 0 Å². The van der Waals surface area contributed by atoms with Gasteiger partial charge in [0.05, 0.1) is 5.69 Å². The summed E-state index contributed by atoms with van der Waals surface area (Å²) in [5.41, 5.74) is 3.92. The van der Waals surface area contributed by atoms with Crippen molar-refractivity contribution >= 4 is 17.4 Å². The molecule has 0 fully saturated rings. The zero-order chi connectivity index (χ0) is 16.1. The van der Waals surface area contributed by atoms with E-state index in [4.69, 9.17) is 0 Å². The summed E-state index contributed by atoms with van der Waals surface area (Å²) in [6.45, 7) is 5.30. The molecule has 4 nitrogen and oxygen atoms in total. The van der Waals surface area contributed by atoms with E-state index in [2.05, 4.69) is 29.4 Å². The third-order valence-corrected chi connectivity index (χ3v) is 3.45. The van der Waals surface area contributed by atoms with Crippen LogP contribution in [0.4, 0.5) is 5.69 Å². The molecule has 2 rings (SSSR count). The van der Waals surface area contributed by atoms with Gasteiger partial charge in [-0.25, -0.2) is 0 Å². The molecule has 1 N–H and O–H groups in total. The smallest absolute Gasteiger partial charge is 0.221 e. The molecule has 1 aromatic carbocycles. The van der Waals surface area contributed by atoms with Crippen LogP contribution in [0.5, 0.6) is 0 Å². The van der Waals surface area contributed by atoms with Gasteiger partial charge in [-0.2, -0.15) is 0 Å². The Morgan fingerprint density at radius 2 is 1.91 bits per heavy atom. The molecule has 0 saturated carbocycles. The van der Waals surface area contributed by atoms with E-state index in [-0.39, 0.29) is 11.7 Å². The molecule has 0 atom stereocenters. The van der Waals surface area contributed by atoms with Gasteiger partial charge in [0.1, 0.15) is 5.69 Å². The number of hydrogen-bond acceptors (Lipinski definition) is 3. The van der Waals surface area contributed by atoms with Gasteiger partial charge in [-0.1, -0.05) is 38.1 Å². The molecule has 0 saturated heterocycles. The Balaban J connectivity index is 2.49. The number of nitrogens with one attached hydrogen (secondary N) is 1. The predicted octanol–water partition coefficient (Wildman–Crippen LogP) is 3.86.